The number of unbranched alkanes of at least 4 members (excludes halogenated alkanes) is 1. The van der Waals surface area contributed by atoms with E-state index < -0.39 is 10.0 Å². The lowest BCUT2D eigenvalue weighted by Gasteiger charge is -2.03. The van der Waals surface area contributed by atoms with Crippen LogP contribution in [-0.2, 0) is 10.0 Å². The van der Waals surface area contributed by atoms with Crippen molar-refractivity contribution in [3.63, 3.8) is 0 Å². The van der Waals surface area contributed by atoms with Crippen LogP contribution in [0, 0.1) is 0 Å². The lowest BCUT2D eigenvalue weighted by Crippen LogP contribution is -2.29. The molecule has 0 bridgehead atoms. The first-order chi connectivity index (χ1) is 8.98. The highest BCUT2D eigenvalue weighted by Crippen LogP contribution is 2.17. The predicted octanol–water partition coefficient (Wildman–Crippen LogP) is 0.373. The Bertz CT molecular complexity index is 513. The van der Waals surface area contributed by atoms with Gasteiger partial charge in [0.1, 0.15) is 5.69 Å². The highest BCUT2D eigenvalue weighted by atomic mass is 32.2. The highest BCUT2D eigenvalue weighted by Gasteiger charge is 2.14. The van der Waals surface area contributed by atoms with Crippen LogP contribution in [-0.4, -0.2) is 38.2 Å². The third kappa shape index (κ3) is 5.53. The van der Waals surface area contributed by atoms with Crippen LogP contribution in [0.5, 0.6) is 0 Å². The molecule has 7 nitrogen and oxygen atoms in total. The molecule has 9 heteroatoms. The van der Waals surface area contributed by atoms with Crippen LogP contribution in [0.2, 0.25) is 0 Å². The molecule has 1 heterocycles. The summed E-state index contributed by atoms with van der Waals surface area (Å²) in [5.74, 6) is -0.307. The zero-order valence-corrected chi connectivity index (χ0v) is 12.3. The molecule has 0 aliphatic heterocycles. The molecule has 4 N–H and O–H groups in total. The van der Waals surface area contributed by atoms with Gasteiger partial charge in [0.05, 0.1) is 5.75 Å². The fourth-order valence-corrected chi connectivity index (χ4v) is 3.41. The van der Waals surface area contributed by atoms with Crippen LogP contribution >= 0.6 is 11.3 Å². The van der Waals surface area contributed by atoms with Crippen LogP contribution in [0.1, 0.15) is 30.3 Å². The van der Waals surface area contributed by atoms with E-state index >= 15 is 0 Å². The second-order valence-corrected chi connectivity index (χ2v) is 6.56. The molecule has 19 heavy (non-hydrogen) atoms. The van der Waals surface area contributed by atoms with Crippen molar-refractivity contribution in [1.29, 1.82) is 0 Å². The van der Waals surface area contributed by atoms with E-state index in [4.69, 9.17) is 5.73 Å². The third-order valence-electron chi connectivity index (χ3n) is 2.18. The molecule has 1 amide bonds. The maximum atomic E-state index is 11.6. The summed E-state index contributed by atoms with van der Waals surface area (Å²) < 4.78 is 25.7. The summed E-state index contributed by atoms with van der Waals surface area (Å²) in [5.41, 5.74) is 5.45. The Hall–Kier alpha value is -1.19. The van der Waals surface area contributed by atoms with E-state index in [0.29, 0.717) is 19.5 Å². The van der Waals surface area contributed by atoms with Crippen LogP contribution < -0.4 is 15.8 Å². The molecule has 0 atom stereocenters. The monoisotopic (exact) mass is 306 g/mol. The quantitative estimate of drug-likeness (QED) is 0.642. The molecule has 0 radical (unpaired) electrons. The molecule has 0 saturated carbocycles. The summed E-state index contributed by atoms with van der Waals surface area (Å²) >= 11 is 1.08. The van der Waals surface area contributed by atoms with Gasteiger partial charge in [-0.3, -0.25) is 9.52 Å². The number of sulfonamides is 1. The van der Waals surface area contributed by atoms with Gasteiger partial charge in [0.25, 0.3) is 5.91 Å². The minimum absolute atomic E-state index is 0.0534. The van der Waals surface area contributed by atoms with Gasteiger partial charge in [-0.15, -0.1) is 11.3 Å². The van der Waals surface area contributed by atoms with E-state index in [2.05, 4.69) is 15.0 Å². The number of nitrogens with zero attached hydrogens (tertiary/aromatic N) is 1. The molecular formula is C10H18N4O3S2. The maximum Gasteiger partial charge on any atom is 0.270 e. The Morgan fingerprint density at radius 2 is 2.26 bits per heavy atom. The van der Waals surface area contributed by atoms with Crippen molar-refractivity contribution in [2.75, 3.05) is 23.6 Å². The van der Waals surface area contributed by atoms with Gasteiger partial charge in [0.15, 0.2) is 5.13 Å². The number of carbonyl (C=O) groups excluding carboxylic acids is 1. The summed E-state index contributed by atoms with van der Waals surface area (Å²) in [6, 6.07) is 0. The molecule has 0 saturated heterocycles. The van der Waals surface area contributed by atoms with Crippen molar-refractivity contribution in [2.45, 2.75) is 19.8 Å². The number of nitrogens with one attached hydrogen (secondary N) is 2. The van der Waals surface area contributed by atoms with E-state index in [1.807, 2.05) is 6.92 Å². The van der Waals surface area contributed by atoms with E-state index in [-0.39, 0.29) is 22.5 Å². The number of rotatable bonds is 8. The molecule has 0 aliphatic rings. The van der Waals surface area contributed by atoms with Crippen molar-refractivity contribution < 1.29 is 13.2 Å². The van der Waals surface area contributed by atoms with Gasteiger partial charge in [-0.25, -0.2) is 13.4 Å². The predicted molar refractivity (Wildman–Crippen MR) is 75.8 cm³/mol. The Morgan fingerprint density at radius 1 is 1.53 bits per heavy atom. The van der Waals surface area contributed by atoms with Gasteiger partial charge in [-0.1, -0.05) is 13.3 Å². The van der Waals surface area contributed by atoms with Crippen LogP contribution in [0.4, 0.5) is 5.13 Å². The summed E-state index contributed by atoms with van der Waals surface area (Å²) in [4.78, 5) is 15.5. The summed E-state index contributed by atoms with van der Waals surface area (Å²) in [5, 5.41) is 4.27. The largest absolute Gasteiger partial charge is 0.349 e. The first-order valence-electron chi connectivity index (χ1n) is 5.92. The number of nitrogens with two attached hydrogens (primary N) is 1. The Balaban J connectivity index is 2.62. The number of hydrogen-bond donors (Lipinski definition) is 3. The van der Waals surface area contributed by atoms with E-state index in [1.54, 1.807) is 0 Å². The second kappa shape index (κ2) is 7.41. The van der Waals surface area contributed by atoms with Gasteiger partial charge >= 0.3 is 0 Å². The van der Waals surface area contributed by atoms with Crippen molar-refractivity contribution in [2.24, 2.45) is 5.73 Å². The first kappa shape index (κ1) is 15.9. The second-order valence-electron chi connectivity index (χ2n) is 3.86. The van der Waals surface area contributed by atoms with Crippen LogP contribution in [0.15, 0.2) is 5.38 Å². The number of thiazole rings is 1. The minimum Gasteiger partial charge on any atom is -0.349 e. The van der Waals surface area contributed by atoms with Crippen LogP contribution in [0.25, 0.3) is 0 Å². The smallest absolute Gasteiger partial charge is 0.270 e. The average molecular weight is 306 g/mol. The van der Waals surface area contributed by atoms with Crippen molar-refractivity contribution in [3.05, 3.63) is 11.1 Å². The van der Waals surface area contributed by atoms with Gasteiger partial charge in [-0.2, -0.15) is 0 Å². The van der Waals surface area contributed by atoms with Gasteiger partial charge in [-0.05, 0) is 6.42 Å². The highest BCUT2D eigenvalue weighted by molar-refractivity contribution is 7.92. The summed E-state index contributed by atoms with van der Waals surface area (Å²) in [7, 11) is -3.38. The lowest BCUT2D eigenvalue weighted by molar-refractivity contribution is 0.0950. The van der Waals surface area contributed by atoms with E-state index in [9.17, 15) is 13.2 Å². The molecule has 0 aromatic carbocycles. The fourth-order valence-electron chi connectivity index (χ4n) is 1.22. The molecule has 0 unspecified atom stereocenters. The number of hydrogen-bond acceptors (Lipinski definition) is 6. The molecule has 1 rings (SSSR count). The van der Waals surface area contributed by atoms with Crippen molar-refractivity contribution in [1.82, 2.24) is 10.3 Å². The number of aromatic nitrogens is 1. The first-order valence-corrected chi connectivity index (χ1v) is 8.46. The summed E-state index contributed by atoms with van der Waals surface area (Å²) in [6.07, 6.45) is 1.38. The van der Waals surface area contributed by atoms with E-state index in [1.165, 1.54) is 5.38 Å². The summed E-state index contributed by atoms with van der Waals surface area (Å²) in [6.45, 7) is 2.61. The molecule has 0 fully saturated rings. The van der Waals surface area contributed by atoms with Gasteiger partial charge < -0.3 is 11.1 Å². The third-order valence-corrected chi connectivity index (χ3v) is 4.39. The average Bonchev–Trinajstić information content (AvgIpc) is 2.81. The minimum atomic E-state index is -3.38. The van der Waals surface area contributed by atoms with Gasteiger partial charge in [0, 0.05) is 18.5 Å². The Labute approximate surface area is 116 Å². The number of anilines is 1. The maximum absolute atomic E-state index is 11.6. The van der Waals surface area contributed by atoms with Crippen molar-refractivity contribution in [3.8, 4) is 0 Å². The molecule has 1 aromatic rings. The lowest BCUT2D eigenvalue weighted by atomic mass is 10.4. The van der Waals surface area contributed by atoms with E-state index in [0.717, 1.165) is 17.8 Å². The molecule has 108 valence electrons. The topological polar surface area (TPSA) is 114 Å². The normalized spacial score (nSPS) is 11.3. The van der Waals surface area contributed by atoms with Gasteiger partial charge in [0.2, 0.25) is 10.0 Å². The zero-order valence-electron chi connectivity index (χ0n) is 10.7. The van der Waals surface area contributed by atoms with Crippen LogP contribution in [0.3, 0.4) is 0 Å². The fraction of sp³-hybridized carbons (Fsp3) is 0.600. The Kier molecular flexibility index (Phi) is 6.19. The number of carbonyl (C=O) groups is 1. The number of amides is 1. The zero-order chi connectivity index (χ0) is 14.3. The van der Waals surface area contributed by atoms with Crippen molar-refractivity contribution >= 4 is 32.4 Å². The Morgan fingerprint density at radius 3 is 2.89 bits per heavy atom. The standard InChI is InChI=1S/C10H18N4O3S2/c1-2-3-6-19(16,17)14-10-13-8(7-18-10)9(15)12-5-4-11/h7H,2-6,11H2,1H3,(H,12,15)(H,13,14). The molecular weight excluding hydrogens is 288 g/mol. The molecule has 1 aromatic heterocycles. The molecule has 0 aliphatic carbocycles. The SMILES string of the molecule is CCCCS(=O)(=O)Nc1nc(C(=O)NCCN)cs1. The molecule has 0 spiro atoms.